The predicted octanol–water partition coefficient (Wildman–Crippen LogP) is -0.267. The average molecular weight is 271 g/mol. The normalized spacial score (nSPS) is 24.1. The number of para-hydroxylation sites is 1. The van der Waals surface area contributed by atoms with E-state index >= 15 is 0 Å². The highest BCUT2D eigenvalue weighted by molar-refractivity contribution is 7.89. The molecule has 0 saturated carbocycles. The van der Waals surface area contributed by atoms with Gasteiger partial charge in [-0.25, -0.2) is 13.6 Å². The molecule has 2 rings (SSSR count). The minimum absolute atomic E-state index is 0.0125. The van der Waals surface area contributed by atoms with Gasteiger partial charge in [0.05, 0.1) is 17.8 Å². The lowest BCUT2D eigenvalue weighted by Crippen LogP contribution is -2.34. The summed E-state index contributed by atoms with van der Waals surface area (Å²) in [5, 5.41) is 11.5. The van der Waals surface area contributed by atoms with Crippen molar-refractivity contribution in [3.63, 3.8) is 0 Å². The van der Waals surface area contributed by atoms with E-state index in [0.29, 0.717) is 5.69 Å². The van der Waals surface area contributed by atoms with Crippen molar-refractivity contribution in [2.24, 2.45) is 5.14 Å². The summed E-state index contributed by atoms with van der Waals surface area (Å²) in [7, 11) is -2.09. The van der Waals surface area contributed by atoms with E-state index in [1.54, 1.807) is 25.3 Å². The number of methoxy groups -OCH3 is 1. The molecule has 1 fully saturated rings. The van der Waals surface area contributed by atoms with E-state index in [4.69, 9.17) is 9.88 Å². The maximum atomic E-state index is 11.5. The second kappa shape index (κ2) is 5.23. The van der Waals surface area contributed by atoms with Gasteiger partial charge in [-0.2, -0.15) is 0 Å². The van der Waals surface area contributed by atoms with Crippen LogP contribution in [0.2, 0.25) is 0 Å². The lowest BCUT2D eigenvalue weighted by atomic mass is 10.2. The molecular formula is C11H17N3O3S. The molecule has 2 atom stereocenters. The Balaban J connectivity index is 2.24. The van der Waals surface area contributed by atoms with Gasteiger partial charge in [-0.05, 0) is 12.1 Å². The van der Waals surface area contributed by atoms with Crippen LogP contribution < -0.4 is 15.8 Å². The van der Waals surface area contributed by atoms with Crippen molar-refractivity contribution < 1.29 is 13.2 Å². The first-order valence-corrected chi connectivity index (χ1v) is 7.19. The van der Waals surface area contributed by atoms with E-state index in [0.717, 1.165) is 13.1 Å². The van der Waals surface area contributed by atoms with Crippen molar-refractivity contribution in [1.82, 2.24) is 5.32 Å². The molecule has 1 aromatic rings. The number of hydrogen-bond acceptors (Lipinski definition) is 5. The van der Waals surface area contributed by atoms with E-state index in [9.17, 15) is 8.42 Å². The van der Waals surface area contributed by atoms with Crippen LogP contribution in [0.1, 0.15) is 0 Å². The zero-order valence-electron chi connectivity index (χ0n) is 10.1. The summed E-state index contributed by atoms with van der Waals surface area (Å²) in [5.74, 6) is 0. The molecule has 1 aromatic carbocycles. The first-order valence-electron chi connectivity index (χ1n) is 5.64. The van der Waals surface area contributed by atoms with E-state index in [1.807, 2.05) is 0 Å². The molecule has 1 heterocycles. The van der Waals surface area contributed by atoms with Gasteiger partial charge >= 0.3 is 0 Å². The second-order valence-electron chi connectivity index (χ2n) is 4.22. The van der Waals surface area contributed by atoms with Crippen molar-refractivity contribution in [3.05, 3.63) is 24.3 Å². The number of benzene rings is 1. The van der Waals surface area contributed by atoms with E-state index in [2.05, 4.69) is 10.6 Å². The van der Waals surface area contributed by atoms with Gasteiger partial charge in [-0.1, -0.05) is 12.1 Å². The summed E-state index contributed by atoms with van der Waals surface area (Å²) in [6.45, 7) is 1.46. The minimum Gasteiger partial charge on any atom is -0.378 e. The molecule has 0 aromatic heterocycles. The van der Waals surface area contributed by atoms with Crippen molar-refractivity contribution in [2.45, 2.75) is 17.0 Å². The third kappa shape index (κ3) is 2.81. The number of primary sulfonamides is 1. The molecule has 6 nitrogen and oxygen atoms in total. The topological polar surface area (TPSA) is 93.4 Å². The van der Waals surface area contributed by atoms with Gasteiger partial charge < -0.3 is 15.4 Å². The maximum absolute atomic E-state index is 11.5. The second-order valence-corrected chi connectivity index (χ2v) is 5.75. The molecule has 1 aliphatic rings. The molecule has 100 valence electrons. The van der Waals surface area contributed by atoms with Crippen molar-refractivity contribution >= 4 is 15.7 Å². The number of nitrogens with one attached hydrogen (secondary N) is 2. The van der Waals surface area contributed by atoms with E-state index in [1.165, 1.54) is 6.07 Å². The molecular weight excluding hydrogens is 254 g/mol. The smallest absolute Gasteiger partial charge is 0.240 e. The molecule has 4 N–H and O–H groups in total. The van der Waals surface area contributed by atoms with Crippen LogP contribution in [0.4, 0.5) is 5.69 Å². The van der Waals surface area contributed by atoms with Crippen LogP contribution in [-0.2, 0) is 14.8 Å². The van der Waals surface area contributed by atoms with Gasteiger partial charge in [0, 0.05) is 20.2 Å². The fraction of sp³-hybridized carbons (Fsp3) is 0.455. The summed E-state index contributed by atoms with van der Waals surface area (Å²) in [5.41, 5.74) is 0.510. The third-order valence-electron chi connectivity index (χ3n) is 3.00. The molecule has 0 radical (unpaired) electrons. The summed E-state index contributed by atoms with van der Waals surface area (Å²) < 4.78 is 28.3. The van der Waals surface area contributed by atoms with Gasteiger partial charge in [0.1, 0.15) is 4.90 Å². The van der Waals surface area contributed by atoms with E-state index < -0.39 is 10.0 Å². The lowest BCUT2D eigenvalue weighted by Gasteiger charge is -2.21. The van der Waals surface area contributed by atoms with Crippen LogP contribution in [0.5, 0.6) is 0 Å². The Morgan fingerprint density at radius 3 is 2.78 bits per heavy atom. The van der Waals surface area contributed by atoms with Gasteiger partial charge in [-0.3, -0.25) is 0 Å². The minimum atomic E-state index is -3.72. The molecule has 0 amide bonds. The number of sulfonamides is 1. The summed E-state index contributed by atoms with van der Waals surface area (Å²) in [4.78, 5) is 0.103. The van der Waals surface area contributed by atoms with Crippen LogP contribution in [0.25, 0.3) is 0 Å². The number of hydrogen-bond donors (Lipinski definition) is 3. The van der Waals surface area contributed by atoms with Crippen LogP contribution in [0.3, 0.4) is 0 Å². The molecule has 0 aliphatic carbocycles. The number of nitrogens with two attached hydrogens (primary N) is 1. The number of rotatable bonds is 4. The SMILES string of the molecule is CO[C@@H]1CNCC1Nc1ccccc1S(N)(=O)=O. The molecule has 18 heavy (non-hydrogen) atoms. The third-order valence-corrected chi connectivity index (χ3v) is 3.96. The maximum Gasteiger partial charge on any atom is 0.240 e. The van der Waals surface area contributed by atoms with Crippen LogP contribution in [0.15, 0.2) is 29.2 Å². The molecule has 1 aliphatic heterocycles. The summed E-state index contributed by atoms with van der Waals surface area (Å²) in [6, 6.07) is 6.62. The zero-order chi connectivity index (χ0) is 13.2. The van der Waals surface area contributed by atoms with Gasteiger partial charge in [0.25, 0.3) is 0 Å². The number of anilines is 1. The summed E-state index contributed by atoms with van der Waals surface area (Å²) in [6.07, 6.45) is 0.0125. The molecule has 0 bridgehead atoms. The quantitative estimate of drug-likeness (QED) is 0.701. The van der Waals surface area contributed by atoms with Crippen molar-refractivity contribution in [2.75, 3.05) is 25.5 Å². The van der Waals surface area contributed by atoms with Gasteiger partial charge in [-0.15, -0.1) is 0 Å². The van der Waals surface area contributed by atoms with Gasteiger partial charge in [0.15, 0.2) is 0 Å². The Labute approximate surface area is 107 Å². The Morgan fingerprint density at radius 1 is 1.39 bits per heavy atom. The highest BCUT2D eigenvalue weighted by atomic mass is 32.2. The number of ether oxygens (including phenoxy) is 1. The molecule has 1 unspecified atom stereocenters. The van der Waals surface area contributed by atoms with E-state index in [-0.39, 0.29) is 17.0 Å². The highest BCUT2D eigenvalue weighted by Crippen LogP contribution is 2.21. The predicted molar refractivity (Wildman–Crippen MR) is 68.9 cm³/mol. The van der Waals surface area contributed by atoms with Crippen LogP contribution >= 0.6 is 0 Å². The first kappa shape index (κ1) is 13.3. The Morgan fingerprint density at radius 2 is 2.11 bits per heavy atom. The van der Waals surface area contributed by atoms with Gasteiger partial charge in [0.2, 0.25) is 10.0 Å². The standard InChI is InChI=1S/C11H17N3O3S/c1-17-10-7-13-6-9(10)14-8-4-2-3-5-11(8)18(12,15)16/h2-5,9-10,13-14H,6-7H2,1H3,(H2,12,15,16)/t9?,10-/m1/s1. The van der Waals surface area contributed by atoms with Crippen LogP contribution in [-0.4, -0.2) is 40.8 Å². The Kier molecular flexibility index (Phi) is 3.86. The first-order chi connectivity index (χ1) is 8.52. The monoisotopic (exact) mass is 271 g/mol. The van der Waals surface area contributed by atoms with Crippen molar-refractivity contribution in [3.8, 4) is 0 Å². The zero-order valence-corrected chi connectivity index (χ0v) is 10.9. The lowest BCUT2D eigenvalue weighted by molar-refractivity contribution is 0.111. The Hall–Kier alpha value is -1.15. The Bertz CT molecular complexity index is 518. The highest BCUT2D eigenvalue weighted by Gasteiger charge is 2.27. The largest absolute Gasteiger partial charge is 0.378 e. The fourth-order valence-electron chi connectivity index (χ4n) is 2.08. The summed E-state index contributed by atoms with van der Waals surface area (Å²) >= 11 is 0. The molecule has 7 heteroatoms. The fourth-order valence-corrected chi connectivity index (χ4v) is 2.78. The molecule has 1 saturated heterocycles. The molecule has 0 spiro atoms. The van der Waals surface area contributed by atoms with Crippen LogP contribution in [0, 0.1) is 0 Å². The average Bonchev–Trinajstić information content (AvgIpc) is 2.75. The van der Waals surface area contributed by atoms with Crippen molar-refractivity contribution in [1.29, 1.82) is 0 Å².